The predicted octanol–water partition coefficient (Wildman–Crippen LogP) is 0.285. The minimum atomic E-state index is 0.273. The Morgan fingerprint density at radius 2 is 2.11 bits per heavy atom. The van der Waals surface area contributed by atoms with Gasteiger partial charge in [0, 0.05) is 30.9 Å². The molecule has 1 aliphatic rings. The number of morpholine rings is 1. The lowest BCUT2D eigenvalue weighted by atomic mass is 10.2. The Bertz CT molecular complexity index is 520. The fourth-order valence-electron chi connectivity index (χ4n) is 1.95. The van der Waals surface area contributed by atoms with Crippen molar-refractivity contribution in [2.45, 2.75) is 0 Å². The van der Waals surface area contributed by atoms with Crippen LogP contribution >= 0.6 is 0 Å². The fraction of sp³-hybridized carbons (Fsp3) is 0.364. The number of nitrogens with one attached hydrogen (secondary N) is 1. The third-order valence-corrected chi connectivity index (χ3v) is 2.86. The number of ether oxygens (including phenoxy) is 1. The number of nitrogens with two attached hydrogens (primary N) is 1. The molecule has 1 fully saturated rings. The van der Waals surface area contributed by atoms with Crippen LogP contribution < -0.4 is 10.6 Å². The molecule has 7 heteroatoms. The van der Waals surface area contributed by atoms with Gasteiger partial charge in [-0.1, -0.05) is 0 Å². The average molecular weight is 246 g/mol. The highest BCUT2D eigenvalue weighted by atomic mass is 16.5. The van der Waals surface area contributed by atoms with Crippen molar-refractivity contribution in [2.75, 3.05) is 36.9 Å². The predicted molar refractivity (Wildman–Crippen MR) is 67.1 cm³/mol. The van der Waals surface area contributed by atoms with Crippen LogP contribution in [0.3, 0.4) is 0 Å². The van der Waals surface area contributed by atoms with Crippen molar-refractivity contribution in [1.29, 1.82) is 0 Å². The van der Waals surface area contributed by atoms with Gasteiger partial charge in [0.2, 0.25) is 5.95 Å². The first kappa shape index (κ1) is 11.0. The highest BCUT2D eigenvalue weighted by Gasteiger charge is 2.15. The quantitative estimate of drug-likeness (QED) is 0.791. The molecule has 0 unspecified atom stereocenters. The van der Waals surface area contributed by atoms with E-state index in [2.05, 4.69) is 25.1 Å². The van der Waals surface area contributed by atoms with Gasteiger partial charge in [0.05, 0.1) is 25.1 Å². The zero-order chi connectivity index (χ0) is 12.4. The number of nitrogens with zero attached hydrogens (tertiary/aromatic N) is 4. The Morgan fingerprint density at radius 3 is 2.83 bits per heavy atom. The Labute approximate surface area is 104 Å². The summed E-state index contributed by atoms with van der Waals surface area (Å²) in [6.45, 7) is 3.07. The van der Waals surface area contributed by atoms with Crippen LogP contribution in [-0.2, 0) is 4.74 Å². The summed E-state index contributed by atoms with van der Waals surface area (Å²) in [5, 5.41) is 6.67. The summed E-state index contributed by atoms with van der Waals surface area (Å²) >= 11 is 0. The number of rotatable bonds is 2. The van der Waals surface area contributed by atoms with Crippen molar-refractivity contribution in [1.82, 2.24) is 20.2 Å². The largest absolute Gasteiger partial charge is 0.378 e. The van der Waals surface area contributed by atoms with Crippen LogP contribution in [0.2, 0.25) is 0 Å². The molecule has 0 radical (unpaired) electrons. The lowest BCUT2D eigenvalue weighted by Crippen LogP contribution is -2.36. The Kier molecular flexibility index (Phi) is 2.81. The van der Waals surface area contributed by atoms with Gasteiger partial charge in [-0.3, -0.25) is 5.10 Å². The van der Waals surface area contributed by atoms with E-state index in [4.69, 9.17) is 10.5 Å². The normalized spacial score (nSPS) is 15.9. The molecule has 2 aromatic rings. The standard InChI is InChI=1S/C11H14N6O/c12-11-15-9(8-6-13-14-7-8)5-10(16-11)17-1-3-18-4-2-17/h5-7H,1-4H2,(H,13,14)(H2,12,15,16). The van der Waals surface area contributed by atoms with Crippen LogP contribution in [0.1, 0.15) is 0 Å². The SMILES string of the molecule is Nc1nc(-c2cn[nH]c2)cc(N2CCOCC2)n1. The van der Waals surface area contributed by atoms with Gasteiger partial charge in [-0.25, -0.2) is 4.98 Å². The first-order chi connectivity index (χ1) is 8.83. The number of hydrogen-bond acceptors (Lipinski definition) is 6. The van der Waals surface area contributed by atoms with Crippen molar-refractivity contribution in [3.05, 3.63) is 18.5 Å². The van der Waals surface area contributed by atoms with Crippen LogP contribution in [0, 0.1) is 0 Å². The maximum absolute atomic E-state index is 5.76. The lowest BCUT2D eigenvalue weighted by Gasteiger charge is -2.28. The number of anilines is 2. The number of aromatic nitrogens is 4. The molecule has 0 saturated carbocycles. The van der Waals surface area contributed by atoms with E-state index in [0.29, 0.717) is 13.2 Å². The summed E-state index contributed by atoms with van der Waals surface area (Å²) in [6, 6.07) is 1.92. The highest BCUT2D eigenvalue weighted by molar-refractivity contribution is 5.63. The zero-order valence-electron chi connectivity index (χ0n) is 9.83. The summed E-state index contributed by atoms with van der Waals surface area (Å²) in [6.07, 6.45) is 3.50. The molecule has 7 nitrogen and oxygen atoms in total. The zero-order valence-corrected chi connectivity index (χ0v) is 9.83. The molecule has 18 heavy (non-hydrogen) atoms. The van der Waals surface area contributed by atoms with Crippen LogP contribution in [0.5, 0.6) is 0 Å². The maximum Gasteiger partial charge on any atom is 0.222 e. The van der Waals surface area contributed by atoms with Gasteiger partial charge in [0.25, 0.3) is 0 Å². The fourth-order valence-corrected chi connectivity index (χ4v) is 1.95. The topological polar surface area (TPSA) is 93.0 Å². The molecule has 1 aliphatic heterocycles. The van der Waals surface area contributed by atoms with E-state index >= 15 is 0 Å². The molecular weight excluding hydrogens is 232 g/mol. The molecule has 0 bridgehead atoms. The summed E-state index contributed by atoms with van der Waals surface area (Å²) in [5.74, 6) is 1.11. The molecule has 0 spiro atoms. The second-order valence-electron chi connectivity index (χ2n) is 4.06. The molecule has 2 aromatic heterocycles. The van der Waals surface area contributed by atoms with Crippen molar-refractivity contribution in [3.63, 3.8) is 0 Å². The van der Waals surface area contributed by atoms with Crippen LogP contribution in [0.4, 0.5) is 11.8 Å². The van der Waals surface area contributed by atoms with Gasteiger partial charge in [-0.15, -0.1) is 0 Å². The van der Waals surface area contributed by atoms with E-state index in [-0.39, 0.29) is 5.95 Å². The Morgan fingerprint density at radius 1 is 1.28 bits per heavy atom. The van der Waals surface area contributed by atoms with E-state index in [0.717, 1.165) is 30.2 Å². The molecule has 94 valence electrons. The third kappa shape index (κ3) is 2.12. The van der Waals surface area contributed by atoms with E-state index in [1.807, 2.05) is 6.07 Å². The van der Waals surface area contributed by atoms with Crippen molar-refractivity contribution < 1.29 is 4.74 Å². The number of nitrogen functional groups attached to an aromatic ring is 1. The summed E-state index contributed by atoms with van der Waals surface area (Å²) < 4.78 is 5.32. The van der Waals surface area contributed by atoms with Gasteiger partial charge in [-0.05, 0) is 0 Å². The summed E-state index contributed by atoms with van der Waals surface area (Å²) in [7, 11) is 0. The van der Waals surface area contributed by atoms with Gasteiger partial charge < -0.3 is 15.4 Å². The van der Waals surface area contributed by atoms with E-state index in [1.165, 1.54) is 0 Å². The molecule has 3 N–H and O–H groups in total. The van der Waals surface area contributed by atoms with Crippen molar-refractivity contribution >= 4 is 11.8 Å². The van der Waals surface area contributed by atoms with E-state index < -0.39 is 0 Å². The summed E-state index contributed by atoms with van der Waals surface area (Å²) in [5.41, 5.74) is 7.44. The maximum atomic E-state index is 5.76. The van der Waals surface area contributed by atoms with Gasteiger partial charge in [-0.2, -0.15) is 10.1 Å². The summed E-state index contributed by atoms with van der Waals surface area (Å²) in [4.78, 5) is 10.6. The molecule has 0 aliphatic carbocycles. The van der Waals surface area contributed by atoms with Crippen LogP contribution in [-0.4, -0.2) is 46.5 Å². The Hall–Kier alpha value is -2.15. The van der Waals surface area contributed by atoms with Crippen LogP contribution in [0.15, 0.2) is 18.5 Å². The number of aromatic amines is 1. The molecule has 3 heterocycles. The molecular formula is C11H14N6O. The molecule has 0 atom stereocenters. The van der Waals surface area contributed by atoms with Crippen LogP contribution in [0.25, 0.3) is 11.3 Å². The Balaban J connectivity index is 1.95. The van der Waals surface area contributed by atoms with Gasteiger partial charge >= 0.3 is 0 Å². The minimum absolute atomic E-state index is 0.273. The minimum Gasteiger partial charge on any atom is -0.378 e. The monoisotopic (exact) mass is 246 g/mol. The first-order valence-electron chi connectivity index (χ1n) is 5.79. The van der Waals surface area contributed by atoms with Crippen molar-refractivity contribution in [3.8, 4) is 11.3 Å². The second kappa shape index (κ2) is 4.61. The van der Waals surface area contributed by atoms with Gasteiger partial charge in [0.15, 0.2) is 0 Å². The first-order valence-corrected chi connectivity index (χ1v) is 5.79. The average Bonchev–Trinajstić information content (AvgIpc) is 2.93. The van der Waals surface area contributed by atoms with Gasteiger partial charge in [0.1, 0.15) is 5.82 Å². The lowest BCUT2D eigenvalue weighted by molar-refractivity contribution is 0.122. The molecule has 0 amide bonds. The molecule has 3 rings (SSSR count). The molecule has 1 saturated heterocycles. The van der Waals surface area contributed by atoms with E-state index in [1.54, 1.807) is 12.4 Å². The smallest absolute Gasteiger partial charge is 0.222 e. The second-order valence-corrected chi connectivity index (χ2v) is 4.06. The highest BCUT2D eigenvalue weighted by Crippen LogP contribution is 2.22. The molecule has 0 aromatic carbocycles. The number of H-pyrrole nitrogens is 1. The third-order valence-electron chi connectivity index (χ3n) is 2.86. The van der Waals surface area contributed by atoms with E-state index in [9.17, 15) is 0 Å². The number of hydrogen-bond donors (Lipinski definition) is 2. The van der Waals surface area contributed by atoms with Crippen molar-refractivity contribution in [2.24, 2.45) is 0 Å².